The van der Waals surface area contributed by atoms with Gasteiger partial charge in [0.25, 0.3) is 5.91 Å². The molecule has 3 heterocycles. The van der Waals surface area contributed by atoms with Crippen LogP contribution in [0.4, 0.5) is 5.69 Å². The summed E-state index contributed by atoms with van der Waals surface area (Å²) >= 11 is 12.0. The highest BCUT2D eigenvalue weighted by molar-refractivity contribution is 6.35. The molecule has 3 N–H and O–H groups in total. The molecule has 0 bridgehead atoms. The number of ether oxygens (including phenoxy) is 1. The minimum atomic E-state index is -0.766. The number of nitrogens with one attached hydrogen (secondary N) is 1. The van der Waals surface area contributed by atoms with Gasteiger partial charge in [0.05, 0.1) is 21.8 Å². The third kappa shape index (κ3) is 3.11. The van der Waals surface area contributed by atoms with Crippen LogP contribution in [-0.4, -0.2) is 27.9 Å². The van der Waals surface area contributed by atoms with Gasteiger partial charge < -0.3 is 15.8 Å². The van der Waals surface area contributed by atoms with Crippen molar-refractivity contribution in [2.45, 2.75) is 37.2 Å². The zero-order valence-electron chi connectivity index (χ0n) is 14.2. The fourth-order valence-electron chi connectivity index (χ4n) is 3.72. The van der Waals surface area contributed by atoms with E-state index in [0.29, 0.717) is 53.0 Å². The van der Waals surface area contributed by atoms with E-state index in [2.05, 4.69) is 15.3 Å². The SMILES string of the molecule is NC(=O)c1ccc2c(n1)C1(CCC(Oc3ncc(Cl)cc3Cl)CC1)C(=O)N2. The summed E-state index contributed by atoms with van der Waals surface area (Å²) < 4.78 is 5.90. The third-order valence-electron chi connectivity index (χ3n) is 5.12. The molecular formula is C18H16Cl2N4O3. The highest BCUT2D eigenvalue weighted by Gasteiger charge is 2.50. The zero-order chi connectivity index (χ0) is 19.2. The molecule has 1 aliphatic heterocycles. The number of primary amides is 1. The van der Waals surface area contributed by atoms with Crippen molar-refractivity contribution in [2.24, 2.45) is 5.73 Å². The second-order valence-corrected chi connectivity index (χ2v) is 7.59. The van der Waals surface area contributed by atoms with E-state index in [1.165, 1.54) is 12.3 Å². The van der Waals surface area contributed by atoms with Crippen LogP contribution in [0.25, 0.3) is 0 Å². The maximum absolute atomic E-state index is 12.7. The van der Waals surface area contributed by atoms with Crippen molar-refractivity contribution in [1.29, 1.82) is 0 Å². The molecule has 1 spiro atoms. The normalized spacial score (nSPS) is 23.8. The number of carbonyl (C=O) groups is 2. The molecule has 0 aromatic carbocycles. The Bertz CT molecular complexity index is 942. The minimum absolute atomic E-state index is 0.104. The second kappa shape index (κ2) is 6.65. The number of aromatic nitrogens is 2. The molecule has 0 unspecified atom stereocenters. The number of amides is 2. The number of anilines is 1. The molecule has 2 aromatic heterocycles. The smallest absolute Gasteiger partial charge is 0.267 e. The third-order valence-corrected chi connectivity index (χ3v) is 5.60. The fraction of sp³-hybridized carbons (Fsp3) is 0.333. The molecule has 2 amide bonds. The molecule has 9 heteroatoms. The van der Waals surface area contributed by atoms with Crippen LogP contribution in [0.5, 0.6) is 5.88 Å². The van der Waals surface area contributed by atoms with Crippen LogP contribution in [-0.2, 0) is 10.2 Å². The van der Waals surface area contributed by atoms with Gasteiger partial charge in [-0.25, -0.2) is 9.97 Å². The number of nitrogens with two attached hydrogens (primary N) is 1. The first-order valence-corrected chi connectivity index (χ1v) is 9.25. The van der Waals surface area contributed by atoms with Crippen molar-refractivity contribution >= 4 is 40.7 Å². The summed E-state index contributed by atoms with van der Waals surface area (Å²) in [7, 11) is 0. The average Bonchev–Trinajstić information content (AvgIpc) is 2.90. The Morgan fingerprint density at radius 3 is 2.70 bits per heavy atom. The van der Waals surface area contributed by atoms with Gasteiger partial charge in [-0.05, 0) is 43.9 Å². The number of halogens is 2. The summed E-state index contributed by atoms with van der Waals surface area (Å²) in [5.41, 5.74) is 5.94. The van der Waals surface area contributed by atoms with Gasteiger partial charge >= 0.3 is 0 Å². The number of hydrogen-bond acceptors (Lipinski definition) is 5. The molecule has 0 atom stereocenters. The van der Waals surface area contributed by atoms with Crippen molar-refractivity contribution in [2.75, 3.05) is 5.32 Å². The van der Waals surface area contributed by atoms with E-state index in [9.17, 15) is 9.59 Å². The summed E-state index contributed by atoms with van der Waals surface area (Å²) in [5.74, 6) is -0.395. The largest absolute Gasteiger partial charge is 0.473 e. The summed E-state index contributed by atoms with van der Waals surface area (Å²) in [6.07, 6.45) is 3.67. The van der Waals surface area contributed by atoms with Crippen molar-refractivity contribution in [3.05, 3.63) is 45.8 Å². The monoisotopic (exact) mass is 406 g/mol. The first-order valence-electron chi connectivity index (χ1n) is 8.49. The molecule has 1 saturated carbocycles. The molecule has 1 fully saturated rings. The van der Waals surface area contributed by atoms with Crippen LogP contribution in [0.3, 0.4) is 0 Å². The second-order valence-electron chi connectivity index (χ2n) is 6.75. The molecule has 7 nitrogen and oxygen atoms in total. The quantitative estimate of drug-likeness (QED) is 0.813. The number of carbonyl (C=O) groups excluding carboxylic acids is 2. The van der Waals surface area contributed by atoms with Gasteiger partial charge in [-0.3, -0.25) is 9.59 Å². The summed E-state index contributed by atoms with van der Waals surface area (Å²) in [4.78, 5) is 32.6. The first kappa shape index (κ1) is 18.0. The Morgan fingerprint density at radius 1 is 1.30 bits per heavy atom. The summed E-state index contributed by atoms with van der Waals surface area (Å²) in [5, 5.41) is 3.64. The Balaban J connectivity index is 1.54. The van der Waals surface area contributed by atoms with Crippen LogP contribution in [0, 0.1) is 0 Å². The lowest BCUT2D eigenvalue weighted by Gasteiger charge is -2.34. The van der Waals surface area contributed by atoms with Gasteiger partial charge in [0.2, 0.25) is 11.8 Å². The molecule has 1 aliphatic carbocycles. The highest BCUT2D eigenvalue weighted by Crippen LogP contribution is 2.47. The van der Waals surface area contributed by atoms with E-state index in [4.69, 9.17) is 33.7 Å². The molecular weight excluding hydrogens is 391 g/mol. The Morgan fingerprint density at radius 2 is 2.04 bits per heavy atom. The highest BCUT2D eigenvalue weighted by atomic mass is 35.5. The number of nitrogens with zero attached hydrogens (tertiary/aromatic N) is 2. The van der Waals surface area contributed by atoms with E-state index >= 15 is 0 Å². The predicted octanol–water partition coefficient (Wildman–Crippen LogP) is 3.09. The minimum Gasteiger partial charge on any atom is -0.473 e. The van der Waals surface area contributed by atoms with Gasteiger partial charge in [0, 0.05) is 6.20 Å². The van der Waals surface area contributed by atoms with Gasteiger partial charge in [0.1, 0.15) is 16.8 Å². The van der Waals surface area contributed by atoms with Crippen molar-refractivity contribution in [3.63, 3.8) is 0 Å². The van der Waals surface area contributed by atoms with Crippen LogP contribution >= 0.6 is 23.2 Å². The first-order chi connectivity index (χ1) is 12.9. The van der Waals surface area contributed by atoms with E-state index in [1.807, 2.05) is 0 Å². The summed E-state index contributed by atoms with van der Waals surface area (Å²) in [6.45, 7) is 0. The summed E-state index contributed by atoms with van der Waals surface area (Å²) in [6, 6.07) is 4.77. The molecule has 27 heavy (non-hydrogen) atoms. The Hall–Kier alpha value is -2.38. The fourth-order valence-corrected chi connectivity index (χ4v) is 4.15. The van der Waals surface area contributed by atoms with Crippen LogP contribution in [0.1, 0.15) is 41.9 Å². The van der Waals surface area contributed by atoms with Crippen molar-refractivity contribution in [1.82, 2.24) is 9.97 Å². The van der Waals surface area contributed by atoms with Gasteiger partial charge in [-0.1, -0.05) is 23.2 Å². The number of rotatable bonds is 3. The standard InChI is InChI=1S/C18H16Cl2N4O3/c19-9-7-11(20)16(22-8-9)27-10-3-5-18(6-4-10)14-12(24-17(18)26)1-2-13(23-14)15(21)25/h1-2,7-8,10H,3-6H2,(H2,21,25)(H,24,26). The lowest BCUT2D eigenvalue weighted by Crippen LogP contribution is -2.41. The average molecular weight is 407 g/mol. The van der Waals surface area contributed by atoms with E-state index in [-0.39, 0.29) is 17.7 Å². The molecule has 2 aromatic rings. The Kier molecular flexibility index (Phi) is 4.44. The van der Waals surface area contributed by atoms with Crippen molar-refractivity contribution in [3.8, 4) is 5.88 Å². The maximum Gasteiger partial charge on any atom is 0.267 e. The van der Waals surface area contributed by atoms with Crippen molar-refractivity contribution < 1.29 is 14.3 Å². The van der Waals surface area contributed by atoms with Gasteiger partial charge in [0.15, 0.2) is 0 Å². The molecule has 140 valence electrons. The van der Waals surface area contributed by atoms with E-state index < -0.39 is 11.3 Å². The van der Waals surface area contributed by atoms with Crippen LogP contribution < -0.4 is 15.8 Å². The number of fused-ring (bicyclic) bond motifs is 2. The molecule has 0 radical (unpaired) electrons. The lowest BCUT2D eigenvalue weighted by molar-refractivity contribution is -0.122. The maximum atomic E-state index is 12.7. The number of pyridine rings is 2. The van der Waals surface area contributed by atoms with E-state index in [0.717, 1.165) is 0 Å². The molecule has 4 rings (SSSR count). The van der Waals surface area contributed by atoms with E-state index in [1.54, 1.807) is 12.1 Å². The molecule has 0 saturated heterocycles. The Labute approximate surface area is 165 Å². The van der Waals surface area contributed by atoms with Gasteiger partial charge in [-0.15, -0.1) is 0 Å². The topological polar surface area (TPSA) is 107 Å². The van der Waals surface area contributed by atoms with Crippen LogP contribution in [0.2, 0.25) is 10.0 Å². The number of hydrogen-bond donors (Lipinski definition) is 2. The lowest BCUT2D eigenvalue weighted by atomic mass is 9.71. The van der Waals surface area contributed by atoms with Crippen LogP contribution in [0.15, 0.2) is 24.4 Å². The molecule has 2 aliphatic rings. The van der Waals surface area contributed by atoms with Gasteiger partial charge in [-0.2, -0.15) is 0 Å². The predicted molar refractivity (Wildman–Crippen MR) is 100 cm³/mol. The zero-order valence-corrected chi connectivity index (χ0v) is 15.7.